The highest BCUT2D eigenvalue weighted by Crippen LogP contribution is 2.22. The van der Waals surface area contributed by atoms with Crippen LogP contribution < -0.4 is 10.6 Å². The molecule has 128 valence electrons. The van der Waals surface area contributed by atoms with Crippen molar-refractivity contribution in [3.63, 3.8) is 0 Å². The molecule has 0 saturated carbocycles. The van der Waals surface area contributed by atoms with Crippen LogP contribution in [0.2, 0.25) is 0 Å². The van der Waals surface area contributed by atoms with Gasteiger partial charge in [-0.3, -0.25) is 4.79 Å². The molecule has 2 rings (SSSR count). The summed E-state index contributed by atoms with van der Waals surface area (Å²) in [5.41, 5.74) is 0.915. The Kier molecular flexibility index (Phi) is 6.15. The molecule has 1 fully saturated rings. The Bertz CT molecular complexity index is 640. The summed E-state index contributed by atoms with van der Waals surface area (Å²) < 4.78 is 27.7. The minimum absolute atomic E-state index is 0.0319. The van der Waals surface area contributed by atoms with Crippen LogP contribution in [0.15, 0.2) is 29.2 Å². The Labute approximate surface area is 138 Å². The fourth-order valence-electron chi connectivity index (χ4n) is 2.85. The molecule has 1 aromatic carbocycles. The zero-order valence-corrected chi connectivity index (χ0v) is 14.5. The van der Waals surface area contributed by atoms with Crippen LogP contribution in [-0.4, -0.2) is 50.9 Å². The van der Waals surface area contributed by atoms with E-state index in [0.29, 0.717) is 18.0 Å². The lowest BCUT2D eigenvalue weighted by Crippen LogP contribution is -2.48. The highest BCUT2D eigenvalue weighted by Gasteiger charge is 2.32. The third-order valence-corrected chi connectivity index (χ3v) is 5.97. The lowest BCUT2D eigenvalue weighted by Gasteiger charge is -2.33. The third-order valence-electron chi connectivity index (χ3n) is 4.02. The van der Waals surface area contributed by atoms with E-state index >= 15 is 0 Å². The second-order valence-corrected chi connectivity index (χ2v) is 7.79. The summed E-state index contributed by atoms with van der Waals surface area (Å²) in [7, 11) is -3.57. The summed E-state index contributed by atoms with van der Waals surface area (Å²) in [6.45, 7) is 5.55. The van der Waals surface area contributed by atoms with E-state index in [4.69, 9.17) is 0 Å². The maximum absolute atomic E-state index is 13.1. The molecule has 1 heterocycles. The summed E-state index contributed by atoms with van der Waals surface area (Å²) in [5, 5.41) is 5.94. The number of sulfonamides is 1. The lowest BCUT2D eigenvalue weighted by atomic mass is 10.1. The van der Waals surface area contributed by atoms with E-state index in [1.807, 2.05) is 13.0 Å². The predicted molar refractivity (Wildman–Crippen MR) is 89.6 cm³/mol. The molecule has 1 aliphatic rings. The Hall–Kier alpha value is -1.44. The zero-order valence-electron chi connectivity index (χ0n) is 13.7. The molecular formula is C16H25N3O3S. The fourth-order valence-corrected chi connectivity index (χ4v) is 4.64. The summed E-state index contributed by atoms with van der Waals surface area (Å²) in [6.07, 6.45) is 1.57. The van der Waals surface area contributed by atoms with Crippen molar-refractivity contribution in [2.75, 3.05) is 26.2 Å². The van der Waals surface area contributed by atoms with E-state index in [9.17, 15) is 13.2 Å². The smallest absolute Gasteiger partial charge is 0.243 e. The first-order chi connectivity index (χ1) is 10.9. The maximum atomic E-state index is 13.1. The van der Waals surface area contributed by atoms with E-state index in [1.165, 1.54) is 6.92 Å². The first-order valence-corrected chi connectivity index (χ1v) is 9.39. The van der Waals surface area contributed by atoms with Gasteiger partial charge in [0.1, 0.15) is 0 Å². The Morgan fingerprint density at radius 2 is 2.04 bits per heavy atom. The summed E-state index contributed by atoms with van der Waals surface area (Å²) in [5.74, 6) is -0.150. The minimum atomic E-state index is -3.57. The second kappa shape index (κ2) is 7.90. The van der Waals surface area contributed by atoms with Gasteiger partial charge >= 0.3 is 0 Å². The highest BCUT2D eigenvalue weighted by atomic mass is 32.2. The molecule has 1 amide bonds. The van der Waals surface area contributed by atoms with Crippen molar-refractivity contribution < 1.29 is 13.2 Å². The van der Waals surface area contributed by atoms with Crippen LogP contribution in [0.5, 0.6) is 0 Å². The Morgan fingerprint density at radius 1 is 1.35 bits per heavy atom. The number of rotatable bonds is 6. The maximum Gasteiger partial charge on any atom is 0.243 e. The number of nitrogens with zero attached hydrogens (tertiary/aromatic N) is 1. The van der Waals surface area contributed by atoms with Crippen molar-refractivity contribution in [2.24, 2.45) is 0 Å². The molecule has 2 N–H and O–H groups in total. The molecule has 1 aromatic rings. The van der Waals surface area contributed by atoms with Crippen molar-refractivity contribution in [3.8, 4) is 0 Å². The molecule has 0 bridgehead atoms. The number of carbonyl (C=O) groups excluding carboxylic acids is 1. The zero-order chi connectivity index (χ0) is 16.9. The van der Waals surface area contributed by atoms with E-state index < -0.39 is 10.0 Å². The first kappa shape index (κ1) is 17.9. The van der Waals surface area contributed by atoms with Gasteiger partial charge in [-0.05, 0) is 50.6 Å². The molecule has 1 aliphatic heterocycles. The van der Waals surface area contributed by atoms with Gasteiger partial charge in [0.2, 0.25) is 15.9 Å². The van der Waals surface area contributed by atoms with Gasteiger partial charge in [-0.15, -0.1) is 0 Å². The molecule has 0 aliphatic carbocycles. The van der Waals surface area contributed by atoms with E-state index in [1.54, 1.807) is 22.5 Å². The number of amides is 1. The second-order valence-electron chi connectivity index (χ2n) is 5.90. The van der Waals surface area contributed by atoms with Gasteiger partial charge in [0, 0.05) is 26.1 Å². The Balaban J connectivity index is 2.24. The monoisotopic (exact) mass is 339 g/mol. The standard InChI is InChI=1S/C16H25N3O3S/c1-13-4-3-5-16(12-13)23(21,22)19(11-10-18-14(2)20)15-6-8-17-9-7-15/h3-5,12,15,17H,6-11H2,1-2H3,(H,18,20). The molecule has 0 atom stereocenters. The number of benzene rings is 1. The summed E-state index contributed by atoms with van der Waals surface area (Å²) in [6, 6.07) is 6.94. The topological polar surface area (TPSA) is 78.5 Å². The van der Waals surface area contributed by atoms with Crippen LogP contribution in [0.1, 0.15) is 25.3 Å². The van der Waals surface area contributed by atoms with Gasteiger partial charge in [0.05, 0.1) is 4.90 Å². The molecule has 23 heavy (non-hydrogen) atoms. The lowest BCUT2D eigenvalue weighted by molar-refractivity contribution is -0.119. The average Bonchev–Trinajstić information content (AvgIpc) is 2.52. The summed E-state index contributed by atoms with van der Waals surface area (Å²) in [4.78, 5) is 11.4. The van der Waals surface area contributed by atoms with Crippen molar-refractivity contribution >= 4 is 15.9 Å². The molecular weight excluding hydrogens is 314 g/mol. The number of hydrogen-bond acceptors (Lipinski definition) is 4. The van der Waals surface area contributed by atoms with Crippen LogP contribution in [0, 0.1) is 6.92 Å². The van der Waals surface area contributed by atoms with E-state index in [-0.39, 0.29) is 11.9 Å². The molecule has 7 heteroatoms. The predicted octanol–water partition coefficient (Wildman–Crippen LogP) is 0.874. The third kappa shape index (κ3) is 4.76. The van der Waals surface area contributed by atoms with E-state index in [0.717, 1.165) is 31.5 Å². The minimum Gasteiger partial charge on any atom is -0.355 e. The van der Waals surface area contributed by atoms with E-state index in [2.05, 4.69) is 10.6 Å². The molecule has 1 saturated heterocycles. The van der Waals surface area contributed by atoms with Crippen LogP contribution in [-0.2, 0) is 14.8 Å². The quantitative estimate of drug-likeness (QED) is 0.806. The number of piperidine rings is 1. The summed E-state index contributed by atoms with van der Waals surface area (Å²) >= 11 is 0. The van der Waals surface area contributed by atoms with Gasteiger partial charge in [-0.25, -0.2) is 8.42 Å². The SMILES string of the molecule is CC(=O)NCCN(C1CCNCC1)S(=O)(=O)c1cccc(C)c1. The number of aryl methyl sites for hydroxylation is 1. The van der Waals surface area contributed by atoms with Crippen LogP contribution in [0.25, 0.3) is 0 Å². The van der Waals surface area contributed by atoms with Gasteiger partial charge in [-0.2, -0.15) is 4.31 Å². The number of carbonyl (C=O) groups is 1. The Morgan fingerprint density at radius 3 is 2.65 bits per heavy atom. The van der Waals surface area contributed by atoms with Crippen molar-refractivity contribution in [1.82, 2.24) is 14.9 Å². The number of hydrogen-bond donors (Lipinski definition) is 2. The molecule has 6 nitrogen and oxygen atoms in total. The van der Waals surface area contributed by atoms with Gasteiger partial charge in [0.15, 0.2) is 0 Å². The number of nitrogens with one attached hydrogen (secondary N) is 2. The van der Waals surface area contributed by atoms with Crippen LogP contribution in [0.3, 0.4) is 0 Å². The molecule has 0 radical (unpaired) electrons. The van der Waals surface area contributed by atoms with Gasteiger partial charge < -0.3 is 10.6 Å². The van der Waals surface area contributed by atoms with Crippen molar-refractivity contribution in [2.45, 2.75) is 37.6 Å². The average molecular weight is 339 g/mol. The van der Waals surface area contributed by atoms with Crippen LogP contribution >= 0.6 is 0 Å². The molecule has 0 spiro atoms. The first-order valence-electron chi connectivity index (χ1n) is 7.95. The normalized spacial score (nSPS) is 16.5. The van der Waals surface area contributed by atoms with Gasteiger partial charge in [-0.1, -0.05) is 12.1 Å². The largest absolute Gasteiger partial charge is 0.355 e. The van der Waals surface area contributed by atoms with Crippen molar-refractivity contribution in [1.29, 1.82) is 0 Å². The molecule has 0 unspecified atom stereocenters. The van der Waals surface area contributed by atoms with Crippen LogP contribution in [0.4, 0.5) is 0 Å². The van der Waals surface area contributed by atoms with Gasteiger partial charge in [0.25, 0.3) is 0 Å². The van der Waals surface area contributed by atoms with Crippen molar-refractivity contribution in [3.05, 3.63) is 29.8 Å². The molecule has 0 aromatic heterocycles. The highest BCUT2D eigenvalue weighted by molar-refractivity contribution is 7.89. The fraction of sp³-hybridized carbons (Fsp3) is 0.562.